The Balaban J connectivity index is 1.34. The van der Waals surface area contributed by atoms with Crippen molar-refractivity contribution in [3.05, 3.63) is 54.1 Å². The highest BCUT2D eigenvalue weighted by Crippen LogP contribution is 2.46. The van der Waals surface area contributed by atoms with Gasteiger partial charge in [-0.1, -0.05) is 29.8 Å². The molecule has 5 heterocycles. The first-order valence-corrected chi connectivity index (χ1v) is 10.8. The number of fused-ring (bicyclic) bond motifs is 2. The van der Waals surface area contributed by atoms with Gasteiger partial charge in [-0.3, -0.25) is 9.69 Å². The summed E-state index contributed by atoms with van der Waals surface area (Å²) in [5.74, 6) is 1.48. The number of aromatic nitrogens is 2. The van der Waals surface area contributed by atoms with E-state index in [-0.39, 0.29) is 0 Å². The fourth-order valence-electron chi connectivity index (χ4n) is 5.79. The van der Waals surface area contributed by atoms with Gasteiger partial charge in [-0.2, -0.15) is 0 Å². The Bertz CT molecular complexity index is 808. The Labute approximate surface area is 167 Å². The van der Waals surface area contributed by atoms with Crippen molar-refractivity contribution in [2.24, 2.45) is 5.92 Å². The first-order valence-electron chi connectivity index (χ1n) is 10.8. The van der Waals surface area contributed by atoms with Crippen molar-refractivity contribution >= 4 is 5.91 Å². The van der Waals surface area contributed by atoms with E-state index >= 15 is 0 Å². The van der Waals surface area contributed by atoms with E-state index in [2.05, 4.69) is 50.5 Å². The number of imidazole rings is 1. The number of likely N-dealkylation sites (tertiary alicyclic amines) is 1. The molecule has 0 unspecified atom stereocenters. The summed E-state index contributed by atoms with van der Waals surface area (Å²) in [6.45, 7) is 6.30. The predicted molar refractivity (Wildman–Crippen MR) is 109 cm³/mol. The number of hydrogen-bond donors (Lipinski definition) is 0. The van der Waals surface area contributed by atoms with Gasteiger partial charge in [0, 0.05) is 43.9 Å². The van der Waals surface area contributed by atoms with Crippen molar-refractivity contribution in [2.45, 2.75) is 57.2 Å². The van der Waals surface area contributed by atoms with E-state index in [0.29, 0.717) is 36.2 Å². The smallest absolute Gasteiger partial charge is 0.222 e. The third-order valence-corrected chi connectivity index (χ3v) is 7.19. The highest BCUT2D eigenvalue weighted by atomic mass is 16.2. The zero-order valence-electron chi connectivity index (χ0n) is 16.7. The molecule has 4 aliphatic heterocycles. The van der Waals surface area contributed by atoms with E-state index in [1.807, 2.05) is 12.5 Å². The van der Waals surface area contributed by atoms with Gasteiger partial charge in [-0.05, 0) is 50.8 Å². The summed E-state index contributed by atoms with van der Waals surface area (Å²) < 4.78 is 2.06. The molecule has 0 saturated carbocycles. The summed E-state index contributed by atoms with van der Waals surface area (Å²) in [7, 11) is 0. The quantitative estimate of drug-likeness (QED) is 0.803. The number of carbonyl (C=O) groups excluding carboxylic acids is 1. The Morgan fingerprint density at radius 2 is 1.93 bits per heavy atom. The number of benzene rings is 1. The number of carbonyl (C=O) groups is 1. The summed E-state index contributed by atoms with van der Waals surface area (Å²) in [4.78, 5) is 22.2. The molecule has 148 valence electrons. The van der Waals surface area contributed by atoms with Crippen LogP contribution in [0.15, 0.2) is 43.0 Å². The third-order valence-electron chi connectivity index (χ3n) is 7.19. The maximum Gasteiger partial charge on any atom is 0.222 e. The van der Waals surface area contributed by atoms with Gasteiger partial charge in [-0.15, -0.1) is 0 Å². The van der Waals surface area contributed by atoms with Crippen LogP contribution >= 0.6 is 0 Å². The van der Waals surface area contributed by atoms with Crippen molar-refractivity contribution in [2.75, 3.05) is 19.6 Å². The van der Waals surface area contributed by atoms with Gasteiger partial charge in [-0.25, -0.2) is 4.98 Å². The lowest BCUT2D eigenvalue weighted by molar-refractivity contribution is -0.136. The summed E-state index contributed by atoms with van der Waals surface area (Å²) in [6, 6.07) is 9.93. The van der Waals surface area contributed by atoms with Gasteiger partial charge in [0.25, 0.3) is 0 Å². The fourth-order valence-corrected chi connectivity index (χ4v) is 5.79. The van der Waals surface area contributed by atoms with E-state index in [1.54, 1.807) is 6.20 Å². The number of piperidine rings is 3. The predicted octanol–water partition coefficient (Wildman–Crippen LogP) is 3.06. The lowest BCUT2D eigenvalue weighted by atomic mass is 9.75. The van der Waals surface area contributed by atoms with Crippen LogP contribution in [-0.4, -0.2) is 57.0 Å². The highest BCUT2D eigenvalue weighted by molar-refractivity contribution is 5.77. The minimum atomic E-state index is 0.346. The fraction of sp³-hybridized carbons (Fsp3) is 0.565. The van der Waals surface area contributed by atoms with Crippen LogP contribution in [-0.2, 0) is 11.3 Å². The van der Waals surface area contributed by atoms with Gasteiger partial charge in [0.1, 0.15) is 0 Å². The molecular formula is C23H30N4O. The Kier molecular flexibility index (Phi) is 4.71. The zero-order chi connectivity index (χ0) is 19.1. The van der Waals surface area contributed by atoms with Crippen molar-refractivity contribution < 1.29 is 4.79 Å². The van der Waals surface area contributed by atoms with Crippen LogP contribution in [0.1, 0.15) is 42.7 Å². The number of aryl methyl sites for hydroxylation is 2. The van der Waals surface area contributed by atoms with Crippen molar-refractivity contribution in [1.82, 2.24) is 19.4 Å². The number of hydrogen-bond acceptors (Lipinski definition) is 3. The van der Waals surface area contributed by atoms with Gasteiger partial charge in [0.05, 0.1) is 12.4 Å². The molecule has 0 spiro atoms. The molecule has 2 bridgehead atoms. The first kappa shape index (κ1) is 17.9. The third kappa shape index (κ3) is 3.16. The number of rotatable bonds is 5. The van der Waals surface area contributed by atoms with Crippen LogP contribution in [0.2, 0.25) is 0 Å². The van der Waals surface area contributed by atoms with Gasteiger partial charge < -0.3 is 9.47 Å². The molecule has 28 heavy (non-hydrogen) atoms. The Morgan fingerprint density at radius 3 is 2.64 bits per heavy atom. The average molecular weight is 379 g/mol. The lowest BCUT2D eigenvalue weighted by Crippen LogP contribution is -2.60. The molecule has 0 N–H and O–H groups in total. The normalized spacial score (nSPS) is 31.2. The molecule has 5 nitrogen and oxygen atoms in total. The van der Waals surface area contributed by atoms with E-state index in [4.69, 9.17) is 0 Å². The molecule has 1 amide bonds. The minimum absolute atomic E-state index is 0.346. The Morgan fingerprint density at radius 1 is 1.14 bits per heavy atom. The van der Waals surface area contributed by atoms with Crippen LogP contribution in [0.5, 0.6) is 0 Å². The molecule has 4 fully saturated rings. The van der Waals surface area contributed by atoms with E-state index in [0.717, 1.165) is 19.5 Å². The van der Waals surface area contributed by atoms with Crippen molar-refractivity contribution in [1.29, 1.82) is 0 Å². The molecule has 3 atom stereocenters. The largest absolute Gasteiger partial charge is 0.337 e. The maximum atomic E-state index is 13.2. The number of amides is 1. The minimum Gasteiger partial charge on any atom is -0.337 e. The molecule has 4 aliphatic rings. The summed E-state index contributed by atoms with van der Waals surface area (Å²) in [6.07, 6.45) is 9.61. The topological polar surface area (TPSA) is 41.4 Å². The SMILES string of the molecule is Cc1ccc([C@@H]2CN(C(=O)CCCn3ccnc3)[C@@H]3C4CCN(CC4)[C@@H]32)cc1. The molecule has 4 saturated heterocycles. The molecule has 0 radical (unpaired) electrons. The first-order chi connectivity index (χ1) is 13.7. The second-order valence-corrected chi connectivity index (χ2v) is 8.82. The van der Waals surface area contributed by atoms with Gasteiger partial charge >= 0.3 is 0 Å². The van der Waals surface area contributed by atoms with Crippen LogP contribution < -0.4 is 0 Å². The summed E-state index contributed by atoms with van der Waals surface area (Å²) >= 11 is 0. The van der Waals surface area contributed by atoms with Crippen molar-refractivity contribution in [3.8, 4) is 0 Å². The molecule has 6 rings (SSSR count). The van der Waals surface area contributed by atoms with Crippen LogP contribution in [0.4, 0.5) is 0 Å². The van der Waals surface area contributed by atoms with Gasteiger partial charge in [0.2, 0.25) is 5.91 Å². The van der Waals surface area contributed by atoms with E-state index < -0.39 is 0 Å². The van der Waals surface area contributed by atoms with Crippen LogP contribution in [0.25, 0.3) is 0 Å². The summed E-state index contributed by atoms with van der Waals surface area (Å²) in [5, 5.41) is 0. The molecule has 1 aromatic heterocycles. The molecule has 2 aromatic rings. The monoisotopic (exact) mass is 378 g/mol. The Hall–Kier alpha value is -2.14. The zero-order valence-corrected chi connectivity index (χ0v) is 16.7. The molecule has 0 aliphatic carbocycles. The standard InChI is InChI=1S/C23H30N4O/c1-17-4-6-18(7-5-17)20-15-27(21(28)3-2-11-25-14-10-24-16-25)22-19-8-12-26(13-9-19)23(20)22/h4-7,10,14,16,19-20,22-23H,2-3,8-9,11-13,15H2,1H3/t20-,22+,23+/m0/s1. The van der Waals surface area contributed by atoms with E-state index in [1.165, 1.54) is 37.1 Å². The molecular weight excluding hydrogens is 348 g/mol. The molecule has 5 heteroatoms. The molecule has 1 aromatic carbocycles. The second kappa shape index (κ2) is 7.36. The maximum absolute atomic E-state index is 13.2. The average Bonchev–Trinajstić information content (AvgIpc) is 3.38. The van der Waals surface area contributed by atoms with E-state index in [9.17, 15) is 4.79 Å². The number of nitrogens with zero attached hydrogens (tertiary/aromatic N) is 4. The second-order valence-electron chi connectivity index (χ2n) is 8.82. The highest BCUT2D eigenvalue weighted by Gasteiger charge is 2.54. The van der Waals surface area contributed by atoms with Gasteiger partial charge in [0.15, 0.2) is 0 Å². The van der Waals surface area contributed by atoms with Crippen molar-refractivity contribution in [3.63, 3.8) is 0 Å². The van der Waals surface area contributed by atoms with Crippen LogP contribution in [0, 0.1) is 12.8 Å². The lowest BCUT2D eigenvalue weighted by Gasteiger charge is -2.51. The summed E-state index contributed by atoms with van der Waals surface area (Å²) in [5.41, 5.74) is 2.71. The van der Waals surface area contributed by atoms with Crippen LogP contribution in [0.3, 0.4) is 0 Å².